The number of benzene rings is 2. The summed E-state index contributed by atoms with van der Waals surface area (Å²) >= 11 is 12.0. The van der Waals surface area contributed by atoms with Gasteiger partial charge in [0, 0.05) is 17.5 Å². The number of hydrogen-bond donors (Lipinski definition) is 2. The second kappa shape index (κ2) is 9.68. The summed E-state index contributed by atoms with van der Waals surface area (Å²) in [6.07, 6.45) is 0.190. The first-order valence-electron chi connectivity index (χ1n) is 9.84. The van der Waals surface area contributed by atoms with Crippen molar-refractivity contribution in [2.75, 3.05) is 29.1 Å². The van der Waals surface area contributed by atoms with Crippen molar-refractivity contribution < 1.29 is 14.4 Å². The number of carbonyl (C=O) groups is 3. The summed E-state index contributed by atoms with van der Waals surface area (Å²) in [4.78, 5) is 41.3. The minimum atomic E-state index is -0.604. The van der Waals surface area contributed by atoms with Gasteiger partial charge in [-0.05, 0) is 51.2 Å². The van der Waals surface area contributed by atoms with Crippen LogP contribution in [0.25, 0.3) is 0 Å². The summed E-state index contributed by atoms with van der Waals surface area (Å²) in [6.45, 7) is 3.53. The highest BCUT2D eigenvalue weighted by molar-refractivity contribution is 6.36. The van der Waals surface area contributed by atoms with Gasteiger partial charge in [-0.3, -0.25) is 19.3 Å². The van der Waals surface area contributed by atoms with Gasteiger partial charge in [0.1, 0.15) is 0 Å². The van der Waals surface area contributed by atoms with Gasteiger partial charge in [-0.25, -0.2) is 0 Å². The van der Waals surface area contributed by atoms with Crippen molar-refractivity contribution in [3.05, 3.63) is 52.5 Å². The molecule has 0 unspecified atom stereocenters. The smallest absolute Gasteiger partial charge is 0.241 e. The van der Waals surface area contributed by atoms with Gasteiger partial charge in [0.05, 0.1) is 34.7 Å². The molecule has 3 rings (SSSR count). The lowest BCUT2D eigenvalue weighted by Gasteiger charge is -2.31. The lowest BCUT2D eigenvalue weighted by molar-refractivity contribution is -0.123. The van der Waals surface area contributed by atoms with Crippen molar-refractivity contribution >= 4 is 58.0 Å². The summed E-state index contributed by atoms with van der Waals surface area (Å²) in [6, 6.07) is 11.1. The van der Waals surface area contributed by atoms with Gasteiger partial charge < -0.3 is 15.5 Å². The number of rotatable bonds is 5. The van der Waals surface area contributed by atoms with E-state index in [0.29, 0.717) is 27.1 Å². The van der Waals surface area contributed by atoms with Gasteiger partial charge in [-0.1, -0.05) is 35.3 Å². The van der Waals surface area contributed by atoms with E-state index < -0.39 is 6.04 Å². The van der Waals surface area contributed by atoms with Crippen LogP contribution in [-0.4, -0.2) is 48.3 Å². The average Bonchev–Trinajstić information content (AvgIpc) is 2.83. The van der Waals surface area contributed by atoms with Crippen LogP contribution in [0.2, 0.25) is 10.0 Å². The molecular formula is C22H24Cl2N4O3. The maximum atomic E-state index is 13.2. The Bertz CT molecular complexity index is 1010. The maximum absolute atomic E-state index is 13.2. The molecule has 0 bridgehead atoms. The zero-order valence-electron chi connectivity index (χ0n) is 17.5. The Hall–Kier alpha value is -2.61. The molecule has 2 atom stereocenters. The first-order valence-corrected chi connectivity index (χ1v) is 10.6. The monoisotopic (exact) mass is 462 g/mol. The van der Waals surface area contributed by atoms with Crippen LogP contribution in [0.15, 0.2) is 42.5 Å². The molecule has 3 amide bonds. The molecule has 1 aliphatic rings. The van der Waals surface area contributed by atoms with E-state index >= 15 is 0 Å². The molecule has 2 N–H and O–H groups in total. The van der Waals surface area contributed by atoms with Crippen molar-refractivity contribution in [3.8, 4) is 0 Å². The number of para-hydroxylation sites is 2. The van der Waals surface area contributed by atoms with E-state index in [1.165, 1.54) is 0 Å². The van der Waals surface area contributed by atoms with E-state index in [9.17, 15) is 14.4 Å². The Balaban J connectivity index is 1.71. The molecule has 1 heterocycles. The standard InChI is InChI=1S/C22H24Cl2N4O3/c1-13-10-20(29)25-18-6-4-5-7-19(18)28(13)21(30)12-27(3)14(2)22(31)26-17-9-8-15(23)11-16(17)24/h4-9,11,13-14H,10,12H2,1-3H3,(H,25,29)(H,26,31)/t13-,14+/m0/s1. The van der Waals surface area contributed by atoms with Crippen LogP contribution in [0, 0.1) is 0 Å². The average molecular weight is 463 g/mol. The molecule has 9 heteroatoms. The van der Waals surface area contributed by atoms with Gasteiger partial charge >= 0.3 is 0 Å². The van der Waals surface area contributed by atoms with Crippen LogP contribution in [-0.2, 0) is 14.4 Å². The highest BCUT2D eigenvalue weighted by Crippen LogP contribution is 2.31. The molecule has 2 aromatic rings. The molecule has 0 aliphatic carbocycles. The number of nitrogens with zero attached hydrogens (tertiary/aromatic N) is 2. The van der Waals surface area contributed by atoms with Gasteiger partial charge in [0.15, 0.2) is 0 Å². The molecule has 31 heavy (non-hydrogen) atoms. The third-order valence-corrected chi connectivity index (χ3v) is 5.79. The lowest BCUT2D eigenvalue weighted by Crippen LogP contribution is -2.48. The van der Waals surface area contributed by atoms with Crippen LogP contribution in [0.1, 0.15) is 20.3 Å². The first kappa shape index (κ1) is 23.1. The largest absolute Gasteiger partial charge is 0.324 e. The number of halogens is 2. The molecule has 0 aromatic heterocycles. The van der Waals surface area contributed by atoms with Crippen molar-refractivity contribution in [3.63, 3.8) is 0 Å². The molecule has 0 spiro atoms. The van der Waals surface area contributed by atoms with Crippen LogP contribution in [0.3, 0.4) is 0 Å². The van der Waals surface area contributed by atoms with Gasteiger partial charge in [0.2, 0.25) is 17.7 Å². The Morgan fingerprint density at radius 2 is 1.97 bits per heavy atom. The predicted octanol–water partition coefficient (Wildman–Crippen LogP) is 4.02. The van der Waals surface area contributed by atoms with Crippen molar-refractivity contribution in [1.82, 2.24) is 4.90 Å². The number of carbonyl (C=O) groups excluding carboxylic acids is 3. The van der Waals surface area contributed by atoms with Crippen molar-refractivity contribution in [2.45, 2.75) is 32.4 Å². The molecule has 164 valence electrons. The second-order valence-corrected chi connectivity index (χ2v) is 8.43. The number of nitrogens with one attached hydrogen (secondary N) is 2. The van der Waals surface area contributed by atoms with E-state index in [4.69, 9.17) is 23.2 Å². The molecule has 1 aliphatic heterocycles. The molecule has 0 saturated heterocycles. The fourth-order valence-electron chi connectivity index (χ4n) is 3.42. The topological polar surface area (TPSA) is 81.8 Å². The molecule has 2 aromatic carbocycles. The van der Waals surface area contributed by atoms with Crippen LogP contribution >= 0.6 is 23.2 Å². The lowest BCUT2D eigenvalue weighted by atomic mass is 10.1. The van der Waals surface area contributed by atoms with Gasteiger partial charge in [0.25, 0.3) is 0 Å². The van der Waals surface area contributed by atoms with Gasteiger partial charge in [-0.15, -0.1) is 0 Å². The van der Waals surface area contributed by atoms with E-state index in [-0.39, 0.29) is 36.7 Å². The number of likely N-dealkylation sites (N-methyl/N-ethyl adjacent to an activating group) is 1. The van der Waals surface area contributed by atoms with E-state index in [1.807, 2.05) is 13.0 Å². The van der Waals surface area contributed by atoms with Gasteiger partial charge in [-0.2, -0.15) is 0 Å². The Kier molecular flexibility index (Phi) is 7.20. The Morgan fingerprint density at radius 3 is 2.68 bits per heavy atom. The van der Waals surface area contributed by atoms with Crippen molar-refractivity contribution in [1.29, 1.82) is 0 Å². The number of hydrogen-bond acceptors (Lipinski definition) is 4. The van der Waals surface area contributed by atoms with E-state index in [1.54, 1.807) is 60.2 Å². The summed E-state index contributed by atoms with van der Waals surface area (Å²) in [5, 5.41) is 6.40. The van der Waals surface area contributed by atoms with Crippen molar-refractivity contribution in [2.24, 2.45) is 0 Å². The van der Waals surface area contributed by atoms with Crippen LogP contribution in [0.5, 0.6) is 0 Å². The predicted molar refractivity (Wildman–Crippen MR) is 124 cm³/mol. The quantitative estimate of drug-likeness (QED) is 0.702. The van der Waals surface area contributed by atoms with Crippen LogP contribution in [0.4, 0.5) is 17.1 Å². The van der Waals surface area contributed by atoms with E-state index in [2.05, 4.69) is 10.6 Å². The molecule has 0 radical (unpaired) electrons. The first-order chi connectivity index (χ1) is 14.7. The molecule has 0 saturated carbocycles. The maximum Gasteiger partial charge on any atom is 0.241 e. The highest BCUT2D eigenvalue weighted by atomic mass is 35.5. The summed E-state index contributed by atoms with van der Waals surface area (Å²) in [5.41, 5.74) is 1.68. The summed E-state index contributed by atoms with van der Waals surface area (Å²) in [7, 11) is 1.70. The number of amides is 3. The fraction of sp³-hybridized carbons (Fsp3) is 0.318. The van der Waals surface area contributed by atoms with E-state index in [0.717, 1.165) is 0 Å². The summed E-state index contributed by atoms with van der Waals surface area (Å²) in [5.74, 6) is -0.653. The molecule has 7 nitrogen and oxygen atoms in total. The third-order valence-electron chi connectivity index (χ3n) is 5.24. The minimum Gasteiger partial charge on any atom is -0.324 e. The SMILES string of the molecule is C[C@H](C(=O)Nc1ccc(Cl)cc1Cl)N(C)CC(=O)N1c2ccccc2NC(=O)C[C@@H]1C. The minimum absolute atomic E-state index is 0.00417. The highest BCUT2D eigenvalue weighted by Gasteiger charge is 2.31. The zero-order chi connectivity index (χ0) is 22.7. The molecule has 0 fully saturated rings. The fourth-order valence-corrected chi connectivity index (χ4v) is 3.88. The van der Waals surface area contributed by atoms with Crippen LogP contribution < -0.4 is 15.5 Å². The Morgan fingerprint density at radius 1 is 1.26 bits per heavy atom. The second-order valence-electron chi connectivity index (χ2n) is 7.59. The number of anilines is 3. The summed E-state index contributed by atoms with van der Waals surface area (Å²) < 4.78 is 0. The normalized spacial score (nSPS) is 16.9. The molecular weight excluding hydrogens is 439 g/mol. The number of fused-ring (bicyclic) bond motifs is 1. The Labute approximate surface area is 191 Å². The zero-order valence-corrected chi connectivity index (χ0v) is 19.0. The third kappa shape index (κ3) is 5.36.